The summed E-state index contributed by atoms with van der Waals surface area (Å²) >= 11 is 0. The van der Waals surface area contributed by atoms with Crippen LogP contribution in [0.4, 0.5) is 0 Å². The molecule has 4 heteroatoms. The Bertz CT molecular complexity index is 1360. The van der Waals surface area contributed by atoms with Gasteiger partial charge in [-0.05, 0) is 86.5 Å². The molecule has 174 valence electrons. The number of hydrogen-bond acceptors (Lipinski definition) is 2. The number of fused-ring (bicyclic) bond motifs is 5. The zero-order valence-electron chi connectivity index (χ0n) is 20.1. The maximum absolute atomic E-state index is 13.0. The second-order valence-electron chi connectivity index (χ2n) is 10.6. The summed E-state index contributed by atoms with van der Waals surface area (Å²) in [5.74, 6) is 0.170. The van der Waals surface area contributed by atoms with Crippen molar-refractivity contribution >= 4 is 27.7 Å². The van der Waals surface area contributed by atoms with Gasteiger partial charge in [-0.1, -0.05) is 48.5 Å². The number of hydrogen-bond donors (Lipinski definition) is 2. The third kappa shape index (κ3) is 3.61. The monoisotopic (exact) mass is 451 g/mol. The number of nitrogens with one attached hydrogen (secondary N) is 2. The summed E-state index contributed by atoms with van der Waals surface area (Å²) in [6.07, 6.45) is 3.18. The van der Waals surface area contributed by atoms with Crippen molar-refractivity contribution in [1.82, 2.24) is 15.2 Å². The van der Waals surface area contributed by atoms with Crippen molar-refractivity contribution in [2.24, 2.45) is 0 Å². The van der Waals surface area contributed by atoms with Crippen molar-refractivity contribution in [2.75, 3.05) is 13.1 Å². The smallest absolute Gasteiger partial charge is 0.227 e. The van der Waals surface area contributed by atoms with Crippen molar-refractivity contribution in [3.8, 4) is 0 Å². The number of carbonyl (C=O) groups is 1. The van der Waals surface area contributed by atoms with Gasteiger partial charge in [0.1, 0.15) is 0 Å². The fourth-order valence-corrected chi connectivity index (χ4v) is 6.38. The number of carbonyl (C=O) groups excluding carboxylic acids is 1. The Labute approximate surface area is 201 Å². The Hall–Kier alpha value is -3.11. The fourth-order valence-electron chi connectivity index (χ4n) is 6.38. The third-order valence-corrected chi connectivity index (χ3v) is 8.04. The molecule has 1 fully saturated rings. The van der Waals surface area contributed by atoms with Gasteiger partial charge in [-0.2, -0.15) is 0 Å². The molecule has 4 nitrogen and oxygen atoms in total. The Morgan fingerprint density at radius 1 is 1.00 bits per heavy atom. The molecule has 1 amide bonds. The molecule has 2 heterocycles. The minimum Gasteiger partial charge on any atom is -0.355 e. The number of benzene rings is 3. The highest BCUT2D eigenvalue weighted by molar-refractivity contribution is 6.07. The van der Waals surface area contributed by atoms with Crippen LogP contribution < -0.4 is 5.32 Å². The Kier molecular flexibility index (Phi) is 5.22. The molecule has 1 aliphatic carbocycles. The quantitative estimate of drug-likeness (QED) is 0.408. The first-order chi connectivity index (χ1) is 16.5. The highest BCUT2D eigenvalue weighted by Crippen LogP contribution is 2.51. The summed E-state index contributed by atoms with van der Waals surface area (Å²) in [6.45, 7) is 7.20. The number of aromatic amines is 1. The number of H-pyrrole nitrogens is 1. The normalized spacial score (nSPS) is 19.8. The fraction of sp³-hybridized carbons (Fsp3) is 0.367. The van der Waals surface area contributed by atoms with Crippen LogP contribution >= 0.6 is 0 Å². The van der Waals surface area contributed by atoms with Gasteiger partial charge in [0, 0.05) is 34.4 Å². The van der Waals surface area contributed by atoms with Gasteiger partial charge >= 0.3 is 0 Å². The predicted molar refractivity (Wildman–Crippen MR) is 139 cm³/mol. The van der Waals surface area contributed by atoms with Crippen molar-refractivity contribution in [3.05, 3.63) is 83.4 Å². The van der Waals surface area contributed by atoms with Gasteiger partial charge in [0.2, 0.25) is 5.91 Å². The Morgan fingerprint density at radius 3 is 2.56 bits per heavy atom. The van der Waals surface area contributed by atoms with E-state index in [9.17, 15) is 4.79 Å². The van der Waals surface area contributed by atoms with Crippen LogP contribution in [0.2, 0.25) is 0 Å². The van der Waals surface area contributed by atoms with Crippen LogP contribution in [0, 0.1) is 0 Å². The molecule has 1 aliphatic heterocycles. The zero-order chi connectivity index (χ0) is 23.3. The SMILES string of the molecule is CC(C)NC(=O)C1CC2(CCN(Cc3ccc4[nH]c5ccccc5c4c3)CC2)c2ccccc21. The van der Waals surface area contributed by atoms with Gasteiger partial charge in [-0.15, -0.1) is 0 Å². The van der Waals surface area contributed by atoms with Gasteiger partial charge in [-0.3, -0.25) is 9.69 Å². The first kappa shape index (κ1) is 21.4. The van der Waals surface area contributed by atoms with E-state index in [0.29, 0.717) is 0 Å². The maximum Gasteiger partial charge on any atom is 0.227 e. The molecular weight excluding hydrogens is 418 g/mol. The number of amides is 1. The molecule has 1 unspecified atom stereocenters. The molecular formula is C30H33N3O. The molecule has 2 aliphatic rings. The van der Waals surface area contributed by atoms with Crippen molar-refractivity contribution in [1.29, 1.82) is 0 Å². The first-order valence-corrected chi connectivity index (χ1v) is 12.6. The lowest BCUT2D eigenvalue weighted by Gasteiger charge is -2.40. The summed E-state index contributed by atoms with van der Waals surface area (Å²) in [6, 6.07) is 24.2. The van der Waals surface area contributed by atoms with Crippen molar-refractivity contribution in [3.63, 3.8) is 0 Å². The van der Waals surface area contributed by atoms with E-state index in [0.717, 1.165) is 38.9 Å². The number of likely N-dealkylation sites (tertiary alicyclic amines) is 1. The minimum absolute atomic E-state index is 0.0190. The largest absolute Gasteiger partial charge is 0.355 e. The van der Waals surface area contributed by atoms with E-state index in [4.69, 9.17) is 0 Å². The zero-order valence-corrected chi connectivity index (χ0v) is 20.1. The standard InChI is InChI=1S/C30H33N3O/c1-20(2)31-29(34)25-18-30(26-9-5-3-7-22(25)26)13-15-33(16-14-30)19-21-11-12-28-24(17-21)23-8-4-6-10-27(23)32-28/h3-12,17,20,25,32H,13-16,18-19H2,1-2H3,(H,31,34). The predicted octanol–water partition coefficient (Wildman–Crippen LogP) is 5.87. The highest BCUT2D eigenvalue weighted by Gasteiger charge is 2.47. The summed E-state index contributed by atoms with van der Waals surface area (Å²) in [4.78, 5) is 19.1. The first-order valence-electron chi connectivity index (χ1n) is 12.6. The summed E-state index contributed by atoms with van der Waals surface area (Å²) in [7, 11) is 0. The number of para-hydroxylation sites is 1. The molecule has 0 saturated carbocycles. The molecule has 3 aromatic carbocycles. The topological polar surface area (TPSA) is 48.1 Å². The average molecular weight is 452 g/mol. The van der Waals surface area contributed by atoms with Crippen molar-refractivity contribution < 1.29 is 4.79 Å². The van der Waals surface area contributed by atoms with Crippen LogP contribution in [0.25, 0.3) is 21.8 Å². The number of nitrogens with zero attached hydrogens (tertiary/aromatic N) is 1. The van der Waals surface area contributed by atoms with Crippen LogP contribution in [-0.4, -0.2) is 34.9 Å². The lowest BCUT2D eigenvalue weighted by Crippen LogP contribution is -2.42. The Morgan fingerprint density at radius 2 is 1.74 bits per heavy atom. The lowest BCUT2D eigenvalue weighted by molar-refractivity contribution is -0.123. The average Bonchev–Trinajstić information content (AvgIpc) is 3.37. The Balaban J connectivity index is 1.20. The number of rotatable bonds is 4. The van der Waals surface area contributed by atoms with Gasteiger partial charge in [0.25, 0.3) is 0 Å². The molecule has 2 N–H and O–H groups in total. The number of aromatic nitrogens is 1. The summed E-state index contributed by atoms with van der Waals surface area (Å²) in [5, 5.41) is 5.77. The van der Waals surface area contributed by atoms with Crippen LogP contribution in [0.3, 0.4) is 0 Å². The third-order valence-electron chi connectivity index (χ3n) is 8.04. The van der Waals surface area contributed by atoms with E-state index in [-0.39, 0.29) is 23.3 Å². The van der Waals surface area contributed by atoms with Crippen LogP contribution in [0.1, 0.15) is 55.7 Å². The molecule has 34 heavy (non-hydrogen) atoms. The lowest BCUT2D eigenvalue weighted by atomic mass is 9.73. The van der Waals surface area contributed by atoms with Crippen LogP contribution in [0.15, 0.2) is 66.7 Å². The molecule has 1 saturated heterocycles. The molecule has 4 aromatic rings. The van der Waals surface area contributed by atoms with Gasteiger partial charge < -0.3 is 10.3 Å². The van der Waals surface area contributed by atoms with Gasteiger partial charge in [0.15, 0.2) is 0 Å². The minimum atomic E-state index is -0.0190. The molecule has 6 rings (SSSR count). The number of piperidine rings is 1. The molecule has 1 spiro atoms. The molecule has 0 bridgehead atoms. The maximum atomic E-state index is 13.0. The van der Waals surface area contributed by atoms with E-state index < -0.39 is 0 Å². The van der Waals surface area contributed by atoms with Gasteiger partial charge in [-0.25, -0.2) is 0 Å². The second kappa shape index (κ2) is 8.28. The molecule has 0 radical (unpaired) electrons. The highest BCUT2D eigenvalue weighted by atomic mass is 16.1. The van der Waals surface area contributed by atoms with E-state index in [2.05, 4.69) is 81.9 Å². The van der Waals surface area contributed by atoms with E-state index >= 15 is 0 Å². The van der Waals surface area contributed by atoms with Crippen LogP contribution in [0.5, 0.6) is 0 Å². The van der Waals surface area contributed by atoms with Crippen molar-refractivity contribution in [2.45, 2.75) is 57.0 Å². The van der Waals surface area contributed by atoms with E-state index in [1.54, 1.807) is 0 Å². The molecule has 1 aromatic heterocycles. The second-order valence-corrected chi connectivity index (χ2v) is 10.6. The van der Waals surface area contributed by atoms with Gasteiger partial charge in [0.05, 0.1) is 5.92 Å². The summed E-state index contributed by atoms with van der Waals surface area (Å²) in [5.41, 5.74) is 6.57. The van der Waals surface area contributed by atoms with E-state index in [1.165, 1.54) is 38.5 Å². The molecule has 1 atom stereocenters. The van der Waals surface area contributed by atoms with Crippen LogP contribution in [-0.2, 0) is 16.8 Å². The summed E-state index contributed by atoms with van der Waals surface area (Å²) < 4.78 is 0. The van der Waals surface area contributed by atoms with E-state index in [1.807, 2.05) is 13.8 Å².